The van der Waals surface area contributed by atoms with Crippen LogP contribution in [0.2, 0.25) is 0 Å². The molecule has 0 radical (unpaired) electrons. The summed E-state index contributed by atoms with van der Waals surface area (Å²) in [5.74, 6) is 0.980. The molecule has 4 heteroatoms. The quantitative estimate of drug-likeness (QED) is 0.751. The van der Waals surface area contributed by atoms with Crippen LogP contribution in [0.4, 0.5) is 0 Å². The van der Waals surface area contributed by atoms with Gasteiger partial charge in [0.05, 0.1) is 18.5 Å². The molecule has 2 aromatic heterocycles. The Morgan fingerprint density at radius 1 is 1.25 bits per heavy atom. The fourth-order valence-electron chi connectivity index (χ4n) is 2.06. The van der Waals surface area contributed by atoms with Crippen molar-refractivity contribution >= 4 is 0 Å². The highest BCUT2D eigenvalue weighted by Gasteiger charge is 2.04. The van der Waals surface area contributed by atoms with E-state index in [1.54, 1.807) is 6.26 Å². The molecule has 2 rings (SSSR count). The van der Waals surface area contributed by atoms with E-state index in [1.807, 2.05) is 18.3 Å². The second-order valence-corrected chi connectivity index (χ2v) is 5.09. The van der Waals surface area contributed by atoms with Gasteiger partial charge in [-0.3, -0.25) is 9.88 Å². The number of hydrogen-bond acceptors (Lipinski definition) is 4. The first-order chi connectivity index (χ1) is 9.78. The summed E-state index contributed by atoms with van der Waals surface area (Å²) in [5, 5.41) is 3.38. The lowest BCUT2D eigenvalue weighted by Crippen LogP contribution is -2.18. The SMILES string of the molecule is CCCNCc1ccc(CN(C)Cc2ccco2)nc1. The molecule has 0 fully saturated rings. The van der Waals surface area contributed by atoms with Crippen LogP contribution in [-0.4, -0.2) is 23.5 Å². The van der Waals surface area contributed by atoms with Crippen molar-refractivity contribution in [2.75, 3.05) is 13.6 Å². The standard InChI is InChI=1S/C16H23N3O/c1-3-8-17-10-14-6-7-15(18-11-14)12-19(2)13-16-5-4-9-20-16/h4-7,9,11,17H,3,8,10,12-13H2,1-2H3. The minimum Gasteiger partial charge on any atom is -0.468 e. The van der Waals surface area contributed by atoms with Gasteiger partial charge in [-0.1, -0.05) is 13.0 Å². The van der Waals surface area contributed by atoms with Gasteiger partial charge in [0.1, 0.15) is 5.76 Å². The maximum Gasteiger partial charge on any atom is 0.117 e. The first-order valence-corrected chi connectivity index (χ1v) is 7.13. The molecule has 2 aromatic rings. The van der Waals surface area contributed by atoms with Gasteiger partial charge < -0.3 is 9.73 Å². The third-order valence-electron chi connectivity index (χ3n) is 3.08. The fraction of sp³-hybridized carbons (Fsp3) is 0.438. The molecule has 0 aliphatic heterocycles. The number of furan rings is 1. The minimum atomic E-state index is 0.800. The molecular formula is C16H23N3O. The van der Waals surface area contributed by atoms with E-state index in [4.69, 9.17) is 4.42 Å². The molecule has 0 bridgehead atoms. The number of aromatic nitrogens is 1. The van der Waals surface area contributed by atoms with Gasteiger partial charge in [0.15, 0.2) is 0 Å². The lowest BCUT2D eigenvalue weighted by Gasteiger charge is -2.14. The van der Waals surface area contributed by atoms with Crippen LogP contribution in [0.3, 0.4) is 0 Å². The number of nitrogens with zero attached hydrogens (tertiary/aromatic N) is 2. The second kappa shape index (κ2) is 7.82. The molecule has 0 unspecified atom stereocenters. The van der Waals surface area contributed by atoms with E-state index in [0.29, 0.717) is 0 Å². The van der Waals surface area contributed by atoms with Gasteiger partial charge in [-0.05, 0) is 43.8 Å². The molecule has 0 saturated carbocycles. The van der Waals surface area contributed by atoms with E-state index in [1.165, 1.54) is 5.56 Å². The first kappa shape index (κ1) is 14.8. The van der Waals surface area contributed by atoms with Gasteiger partial charge in [-0.15, -0.1) is 0 Å². The molecule has 0 aliphatic rings. The highest BCUT2D eigenvalue weighted by atomic mass is 16.3. The Morgan fingerprint density at radius 3 is 2.80 bits per heavy atom. The zero-order valence-corrected chi connectivity index (χ0v) is 12.3. The molecule has 0 aromatic carbocycles. The van der Waals surface area contributed by atoms with Crippen LogP contribution in [0.25, 0.3) is 0 Å². The topological polar surface area (TPSA) is 41.3 Å². The summed E-state index contributed by atoms with van der Waals surface area (Å²) in [7, 11) is 2.07. The number of rotatable bonds is 8. The van der Waals surface area contributed by atoms with Crippen molar-refractivity contribution in [2.24, 2.45) is 0 Å². The molecule has 0 aliphatic carbocycles. The zero-order valence-electron chi connectivity index (χ0n) is 12.3. The molecule has 0 amide bonds. The van der Waals surface area contributed by atoms with E-state index in [9.17, 15) is 0 Å². The largest absolute Gasteiger partial charge is 0.468 e. The molecule has 2 heterocycles. The number of pyridine rings is 1. The first-order valence-electron chi connectivity index (χ1n) is 7.13. The van der Waals surface area contributed by atoms with Gasteiger partial charge in [-0.25, -0.2) is 0 Å². The monoisotopic (exact) mass is 273 g/mol. The third-order valence-corrected chi connectivity index (χ3v) is 3.08. The maximum atomic E-state index is 5.35. The van der Waals surface area contributed by atoms with Crippen molar-refractivity contribution in [3.8, 4) is 0 Å². The summed E-state index contributed by atoms with van der Waals surface area (Å²) < 4.78 is 5.35. The molecule has 1 N–H and O–H groups in total. The predicted octanol–water partition coefficient (Wildman–Crippen LogP) is 2.81. The Kier molecular flexibility index (Phi) is 5.77. The van der Waals surface area contributed by atoms with E-state index < -0.39 is 0 Å². The van der Waals surface area contributed by atoms with Crippen molar-refractivity contribution in [2.45, 2.75) is 33.0 Å². The molecule has 20 heavy (non-hydrogen) atoms. The molecule has 0 spiro atoms. The van der Waals surface area contributed by atoms with Crippen LogP contribution in [0.5, 0.6) is 0 Å². The van der Waals surface area contributed by atoms with Gasteiger partial charge in [0.2, 0.25) is 0 Å². The summed E-state index contributed by atoms with van der Waals surface area (Å²) in [4.78, 5) is 6.71. The van der Waals surface area contributed by atoms with E-state index >= 15 is 0 Å². The maximum absolute atomic E-state index is 5.35. The highest BCUT2D eigenvalue weighted by molar-refractivity contribution is 5.14. The molecule has 0 saturated heterocycles. The Bertz CT molecular complexity index is 479. The normalized spacial score (nSPS) is 11.2. The summed E-state index contributed by atoms with van der Waals surface area (Å²) in [6.07, 6.45) is 4.82. The van der Waals surface area contributed by atoms with Crippen LogP contribution < -0.4 is 5.32 Å². The smallest absolute Gasteiger partial charge is 0.117 e. The van der Waals surface area contributed by atoms with E-state index in [-0.39, 0.29) is 0 Å². The van der Waals surface area contributed by atoms with Crippen LogP contribution in [0, 0.1) is 0 Å². The highest BCUT2D eigenvalue weighted by Crippen LogP contribution is 2.08. The van der Waals surface area contributed by atoms with Gasteiger partial charge in [0.25, 0.3) is 0 Å². The summed E-state index contributed by atoms with van der Waals surface area (Å²) in [5.41, 5.74) is 2.31. The van der Waals surface area contributed by atoms with Crippen molar-refractivity contribution in [1.29, 1.82) is 0 Å². The van der Waals surface area contributed by atoms with Crippen LogP contribution in [0.1, 0.15) is 30.4 Å². The summed E-state index contributed by atoms with van der Waals surface area (Å²) in [6, 6.07) is 8.15. The molecular weight excluding hydrogens is 250 g/mol. The van der Waals surface area contributed by atoms with Crippen LogP contribution in [-0.2, 0) is 19.6 Å². The Hall–Kier alpha value is -1.65. The minimum absolute atomic E-state index is 0.800. The van der Waals surface area contributed by atoms with Crippen molar-refractivity contribution in [3.05, 3.63) is 53.7 Å². The Labute approximate surface area is 120 Å². The lowest BCUT2D eigenvalue weighted by atomic mass is 10.2. The van der Waals surface area contributed by atoms with E-state index in [0.717, 1.165) is 44.1 Å². The number of nitrogens with one attached hydrogen (secondary N) is 1. The average Bonchev–Trinajstić information content (AvgIpc) is 2.94. The molecule has 4 nitrogen and oxygen atoms in total. The Morgan fingerprint density at radius 2 is 2.15 bits per heavy atom. The van der Waals surface area contributed by atoms with Crippen molar-refractivity contribution in [3.63, 3.8) is 0 Å². The number of hydrogen-bond donors (Lipinski definition) is 1. The lowest BCUT2D eigenvalue weighted by molar-refractivity contribution is 0.285. The van der Waals surface area contributed by atoms with Crippen molar-refractivity contribution < 1.29 is 4.42 Å². The average molecular weight is 273 g/mol. The van der Waals surface area contributed by atoms with Crippen molar-refractivity contribution in [1.82, 2.24) is 15.2 Å². The fourth-order valence-corrected chi connectivity index (χ4v) is 2.06. The van der Waals surface area contributed by atoms with E-state index in [2.05, 4.69) is 41.3 Å². The molecule has 108 valence electrons. The van der Waals surface area contributed by atoms with Gasteiger partial charge in [-0.2, -0.15) is 0 Å². The summed E-state index contributed by atoms with van der Waals surface area (Å²) in [6.45, 7) is 5.73. The predicted molar refractivity (Wildman–Crippen MR) is 80.1 cm³/mol. The second-order valence-electron chi connectivity index (χ2n) is 5.09. The third kappa shape index (κ3) is 4.79. The van der Waals surface area contributed by atoms with Gasteiger partial charge in [0, 0.05) is 19.3 Å². The van der Waals surface area contributed by atoms with Crippen LogP contribution >= 0.6 is 0 Å². The molecule has 0 atom stereocenters. The zero-order chi connectivity index (χ0) is 14.2. The Balaban J connectivity index is 1.80. The summed E-state index contributed by atoms with van der Waals surface area (Å²) >= 11 is 0. The van der Waals surface area contributed by atoms with Crippen LogP contribution in [0.15, 0.2) is 41.1 Å². The van der Waals surface area contributed by atoms with Gasteiger partial charge >= 0.3 is 0 Å².